The fraction of sp³-hybridized carbons (Fsp3) is 0.600. The minimum Gasteiger partial charge on any atom is -0.386 e. The maximum Gasteiger partial charge on any atom is 0.0800 e. The zero-order valence-corrected chi connectivity index (χ0v) is 15.4. The summed E-state index contributed by atoms with van der Waals surface area (Å²) in [5, 5.41) is 19.0. The van der Waals surface area contributed by atoms with Gasteiger partial charge in [0.25, 0.3) is 0 Å². The predicted molar refractivity (Wildman–Crippen MR) is 99.0 cm³/mol. The minimum atomic E-state index is -0.702. The molecule has 0 radical (unpaired) electrons. The molecule has 0 saturated heterocycles. The molecule has 2 atom stereocenters. The molecule has 0 bridgehead atoms. The van der Waals surface area contributed by atoms with Crippen molar-refractivity contribution < 1.29 is 10.2 Å². The van der Waals surface area contributed by atoms with Gasteiger partial charge in [-0.05, 0) is 67.2 Å². The van der Waals surface area contributed by atoms with Gasteiger partial charge in [0.15, 0.2) is 0 Å². The van der Waals surface area contributed by atoms with Crippen LogP contribution in [0.2, 0.25) is 0 Å². The molecule has 0 aliphatic carbocycles. The van der Waals surface area contributed by atoms with Crippen LogP contribution in [0.3, 0.4) is 0 Å². The Balaban J connectivity index is 0. The molecule has 128 valence electrons. The molecule has 0 fully saturated rings. The van der Waals surface area contributed by atoms with Gasteiger partial charge in [-0.25, -0.2) is 0 Å². The molecule has 0 rings (SSSR count). The van der Waals surface area contributed by atoms with Crippen molar-refractivity contribution in [1.82, 2.24) is 0 Å². The lowest BCUT2D eigenvalue weighted by atomic mass is 10.00. The first-order valence-electron chi connectivity index (χ1n) is 7.94. The second-order valence-corrected chi connectivity index (χ2v) is 6.76. The zero-order valence-electron chi connectivity index (χ0n) is 15.4. The van der Waals surface area contributed by atoms with Gasteiger partial charge in [0.2, 0.25) is 0 Å². The van der Waals surface area contributed by atoms with Crippen molar-refractivity contribution in [3.05, 3.63) is 48.6 Å². The summed E-state index contributed by atoms with van der Waals surface area (Å²) < 4.78 is 0. The maximum absolute atomic E-state index is 9.49. The van der Waals surface area contributed by atoms with Crippen molar-refractivity contribution in [1.29, 1.82) is 0 Å². The van der Waals surface area contributed by atoms with Gasteiger partial charge in [-0.15, -0.1) is 13.2 Å². The average Bonchev–Trinajstić information content (AvgIpc) is 2.38. The first-order chi connectivity index (χ1) is 9.95. The van der Waals surface area contributed by atoms with Crippen LogP contribution in [0.4, 0.5) is 0 Å². The van der Waals surface area contributed by atoms with E-state index in [0.717, 1.165) is 25.7 Å². The van der Waals surface area contributed by atoms with E-state index in [9.17, 15) is 10.2 Å². The Morgan fingerprint density at radius 3 is 1.23 bits per heavy atom. The second kappa shape index (κ2) is 11.4. The summed E-state index contributed by atoms with van der Waals surface area (Å²) in [6, 6.07) is 0. The van der Waals surface area contributed by atoms with Gasteiger partial charge < -0.3 is 10.2 Å². The van der Waals surface area contributed by atoms with Crippen LogP contribution in [0.1, 0.15) is 67.2 Å². The first-order valence-corrected chi connectivity index (χ1v) is 7.94. The normalized spacial score (nSPS) is 15.3. The highest BCUT2D eigenvalue weighted by Crippen LogP contribution is 2.14. The van der Waals surface area contributed by atoms with E-state index in [0.29, 0.717) is 0 Å². The average molecular weight is 309 g/mol. The molecule has 0 aromatic heterocycles. The molecule has 22 heavy (non-hydrogen) atoms. The van der Waals surface area contributed by atoms with Crippen molar-refractivity contribution in [2.45, 2.75) is 78.4 Å². The Kier molecular flexibility index (Phi) is 12.0. The molecule has 0 spiro atoms. The van der Waals surface area contributed by atoms with Gasteiger partial charge in [0, 0.05) is 0 Å². The van der Waals surface area contributed by atoms with E-state index in [1.165, 1.54) is 11.1 Å². The standard InChI is InChI=1S/2C10H18O/c2*1-5-10(4,11)8-6-7-9(2)3/h2*5,7,11H,1,6,8H2,2-4H3/t10-;/m1./s1. The van der Waals surface area contributed by atoms with E-state index in [1.54, 1.807) is 26.0 Å². The quantitative estimate of drug-likeness (QED) is 0.594. The Morgan fingerprint density at radius 1 is 0.773 bits per heavy atom. The van der Waals surface area contributed by atoms with Gasteiger partial charge in [0.05, 0.1) is 11.2 Å². The van der Waals surface area contributed by atoms with Crippen LogP contribution >= 0.6 is 0 Å². The molecule has 2 nitrogen and oxygen atoms in total. The van der Waals surface area contributed by atoms with E-state index >= 15 is 0 Å². The third-order valence-electron chi connectivity index (χ3n) is 3.29. The SMILES string of the molecule is C=CC(C)(O)CCC=C(C)C.C=C[C@@](C)(O)CCC=C(C)C. The lowest BCUT2D eigenvalue weighted by Gasteiger charge is -2.16. The fourth-order valence-electron chi connectivity index (χ4n) is 1.51. The van der Waals surface area contributed by atoms with Crippen LogP contribution < -0.4 is 0 Å². The number of aliphatic hydroxyl groups is 2. The predicted octanol–water partition coefficient (Wildman–Crippen LogP) is 5.34. The van der Waals surface area contributed by atoms with E-state index in [1.807, 2.05) is 0 Å². The van der Waals surface area contributed by atoms with Crippen LogP contribution in [-0.2, 0) is 0 Å². The van der Waals surface area contributed by atoms with E-state index in [2.05, 4.69) is 53.0 Å². The van der Waals surface area contributed by atoms with Crippen molar-refractivity contribution in [3.8, 4) is 0 Å². The van der Waals surface area contributed by atoms with Gasteiger partial charge >= 0.3 is 0 Å². The van der Waals surface area contributed by atoms with E-state index in [-0.39, 0.29) is 0 Å². The molecule has 2 N–H and O–H groups in total. The Labute approximate surface area is 138 Å². The molecule has 0 aliphatic rings. The molecule has 1 unspecified atom stereocenters. The summed E-state index contributed by atoms with van der Waals surface area (Å²) in [6.45, 7) is 18.9. The highest BCUT2D eigenvalue weighted by Gasteiger charge is 2.13. The number of allylic oxidation sites excluding steroid dienone is 4. The molecule has 0 saturated carbocycles. The summed E-state index contributed by atoms with van der Waals surface area (Å²) in [5.74, 6) is 0. The van der Waals surface area contributed by atoms with Crippen molar-refractivity contribution >= 4 is 0 Å². The highest BCUT2D eigenvalue weighted by atomic mass is 16.3. The molecular formula is C20H36O2. The van der Waals surface area contributed by atoms with E-state index < -0.39 is 11.2 Å². The van der Waals surface area contributed by atoms with Crippen LogP contribution in [0.15, 0.2) is 48.6 Å². The summed E-state index contributed by atoms with van der Waals surface area (Å²) in [7, 11) is 0. The first kappa shape index (κ1) is 23.2. The van der Waals surface area contributed by atoms with Crippen molar-refractivity contribution in [3.63, 3.8) is 0 Å². The summed E-state index contributed by atoms with van der Waals surface area (Å²) >= 11 is 0. The Bertz CT molecular complexity index is 339. The van der Waals surface area contributed by atoms with Gasteiger partial charge in [-0.3, -0.25) is 0 Å². The highest BCUT2D eigenvalue weighted by molar-refractivity contribution is 4.98. The van der Waals surface area contributed by atoms with Crippen LogP contribution in [0, 0.1) is 0 Å². The summed E-state index contributed by atoms with van der Waals surface area (Å²) in [5.41, 5.74) is 1.19. The van der Waals surface area contributed by atoms with Crippen molar-refractivity contribution in [2.24, 2.45) is 0 Å². The zero-order chi connectivity index (χ0) is 17.8. The van der Waals surface area contributed by atoms with Gasteiger partial charge in [0.1, 0.15) is 0 Å². The molecule has 0 heterocycles. The van der Waals surface area contributed by atoms with Crippen LogP contribution in [-0.4, -0.2) is 21.4 Å². The molecule has 0 amide bonds. The second-order valence-electron chi connectivity index (χ2n) is 6.76. The smallest absolute Gasteiger partial charge is 0.0800 e. The lowest BCUT2D eigenvalue weighted by molar-refractivity contribution is 0.103. The third kappa shape index (κ3) is 16.9. The molecular weight excluding hydrogens is 272 g/mol. The summed E-state index contributed by atoms with van der Waals surface area (Å²) in [6.07, 6.45) is 10.8. The molecule has 2 heteroatoms. The number of hydrogen-bond acceptors (Lipinski definition) is 2. The number of hydrogen-bond donors (Lipinski definition) is 2. The molecule has 0 aliphatic heterocycles. The van der Waals surface area contributed by atoms with E-state index in [4.69, 9.17) is 0 Å². The van der Waals surface area contributed by atoms with Crippen molar-refractivity contribution in [2.75, 3.05) is 0 Å². The Hall–Kier alpha value is -1.12. The van der Waals surface area contributed by atoms with Gasteiger partial charge in [-0.2, -0.15) is 0 Å². The number of rotatable bonds is 8. The molecule has 0 aromatic carbocycles. The molecule has 0 aromatic rings. The minimum absolute atomic E-state index is 0.702. The lowest BCUT2D eigenvalue weighted by Crippen LogP contribution is -2.19. The largest absolute Gasteiger partial charge is 0.386 e. The topological polar surface area (TPSA) is 40.5 Å². The maximum atomic E-state index is 9.49. The monoisotopic (exact) mass is 308 g/mol. The van der Waals surface area contributed by atoms with Gasteiger partial charge in [-0.1, -0.05) is 35.5 Å². The third-order valence-corrected chi connectivity index (χ3v) is 3.29. The fourth-order valence-corrected chi connectivity index (χ4v) is 1.51. The van der Waals surface area contributed by atoms with Crippen LogP contribution in [0.5, 0.6) is 0 Å². The van der Waals surface area contributed by atoms with Crippen LogP contribution in [0.25, 0.3) is 0 Å². The Morgan fingerprint density at radius 2 is 1.05 bits per heavy atom. The summed E-state index contributed by atoms with van der Waals surface area (Å²) in [4.78, 5) is 0.